The van der Waals surface area contributed by atoms with Gasteiger partial charge < -0.3 is 8.39 Å². The first kappa shape index (κ1) is 21.5. The lowest BCUT2D eigenvalue weighted by Crippen LogP contribution is -2.35. The minimum absolute atomic E-state index is 0.183. The van der Waals surface area contributed by atoms with E-state index >= 15 is 0 Å². The van der Waals surface area contributed by atoms with E-state index in [2.05, 4.69) is 72.7 Å². The molecule has 1 aliphatic rings. The van der Waals surface area contributed by atoms with E-state index in [1.807, 2.05) is 0 Å². The van der Waals surface area contributed by atoms with Gasteiger partial charge in [0.25, 0.3) is 0 Å². The highest BCUT2D eigenvalue weighted by Gasteiger charge is 2.33. The van der Waals surface area contributed by atoms with Crippen molar-refractivity contribution in [3.8, 4) is 0 Å². The molecule has 30 heavy (non-hydrogen) atoms. The summed E-state index contributed by atoms with van der Waals surface area (Å²) in [7, 11) is -1.51. The molecule has 0 bridgehead atoms. The Kier molecular flexibility index (Phi) is 6.06. The summed E-state index contributed by atoms with van der Waals surface area (Å²) in [4.78, 5) is 0. The van der Waals surface area contributed by atoms with Crippen molar-refractivity contribution in [1.82, 2.24) is 0 Å². The predicted molar refractivity (Wildman–Crippen MR) is 127 cm³/mol. The van der Waals surface area contributed by atoms with Gasteiger partial charge in [-0.3, -0.25) is 4.52 Å². The molecule has 3 atom stereocenters. The number of aryl methyl sites for hydroxylation is 4. The molecule has 1 aromatic heterocycles. The van der Waals surface area contributed by atoms with Gasteiger partial charge in [-0.1, -0.05) is 39.3 Å². The molecule has 1 aliphatic carbocycles. The highest BCUT2D eigenvalue weighted by atomic mass is 31.1. The summed E-state index contributed by atoms with van der Waals surface area (Å²) < 4.78 is 19.5. The van der Waals surface area contributed by atoms with Crippen LogP contribution in [0.15, 0.2) is 32.7 Å². The van der Waals surface area contributed by atoms with E-state index in [0.29, 0.717) is 17.8 Å². The van der Waals surface area contributed by atoms with Gasteiger partial charge in [-0.05, 0) is 92.7 Å². The molecule has 0 amide bonds. The van der Waals surface area contributed by atoms with E-state index < -0.39 is 8.24 Å². The quantitative estimate of drug-likeness (QED) is 0.422. The minimum atomic E-state index is -1.51. The van der Waals surface area contributed by atoms with E-state index in [9.17, 15) is 0 Å². The second-order valence-corrected chi connectivity index (χ2v) is 10.7. The van der Waals surface area contributed by atoms with Crippen molar-refractivity contribution in [3.05, 3.63) is 46.5 Å². The monoisotopic (exact) mass is 426 g/mol. The normalized spacial score (nSPS) is 22.2. The van der Waals surface area contributed by atoms with Gasteiger partial charge >= 0.3 is 8.24 Å². The van der Waals surface area contributed by atoms with Crippen molar-refractivity contribution in [1.29, 1.82) is 0 Å². The standard InChI is InChI=1S/C26H35O3P/c1-15(2)21-11-8-16(3)14-24(21)29-30-27-22-12-9-17(4)19(6)25(22)26-20(7)18(5)10-13-23(26)28-30/h9-10,12-13,15-16,21,24H,8,11,14H2,1-7H3/t16-,21+,24-/m1/s1. The summed E-state index contributed by atoms with van der Waals surface area (Å²) in [5.41, 5.74) is 6.77. The van der Waals surface area contributed by atoms with Crippen molar-refractivity contribution < 1.29 is 12.9 Å². The molecule has 162 valence electrons. The number of hydrogen-bond acceptors (Lipinski definition) is 3. The zero-order valence-electron chi connectivity index (χ0n) is 19.4. The molecule has 1 fully saturated rings. The molecule has 0 N–H and O–H groups in total. The van der Waals surface area contributed by atoms with Crippen LogP contribution in [0.4, 0.5) is 0 Å². The average molecular weight is 427 g/mol. The first-order valence-electron chi connectivity index (χ1n) is 11.3. The Labute approximate surface area is 181 Å². The van der Waals surface area contributed by atoms with Crippen molar-refractivity contribution in [3.63, 3.8) is 0 Å². The maximum absolute atomic E-state index is 6.63. The SMILES string of the molecule is Cc1ccc2op(O[C@@H]3C[C@H](C)CC[C@H]3C(C)C)oc3ccc(C)c(C)c3c2c1C. The summed E-state index contributed by atoms with van der Waals surface area (Å²) in [6, 6.07) is 8.44. The highest BCUT2D eigenvalue weighted by Crippen LogP contribution is 2.42. The summed E-state index contributed by atoms with van der Waals surface area (Å²) in [5.74, 6) is 1.83. The molecule has 4 rings (SSSR count). The van der Waals surface area contributed by atoms with Crippen LogP contribution in [0.2, 0.25) is 0 Å². The predicted octanol–water partition coefficient (Wildman–Crippen LogP) is 8.41. The van der Waals surface area contributed by atoms with Crippen LogP contribution in [0.1, 0.15) is 62.3 Å². The average Bonchev–Trinajstić information content (AvgIpc) is 2.84. The van der Waals surface area contributed by atoms with Crippen molar-refractivity contribution in [2.45, 2.75) is 73.8 Å². The largest absolute Gasteiger partial charge is 0.399 e. The third-order valence-electron chi connectivity index (χ3n) is 7.17. The molecule has 4 heteroatoms. The first-order chi connectivity index (χ1) is 14.3. The van der Waals surface area contributed by atoms with Crippen LogP contribution in [0.3, 0.4) is 0 Å². The Morgan fingerprint density at radius 3 is 1.90 bits per heavy atom. The van der Waals surface area contributed by atoms with Gasteiger partial charge in [0.05, 0.1) is 6.10 Å². The van der Waals surface area contributed by atoms with Gasteiger partial charge in [0.1, 0.15) is 11.2 Å². The van der Waals surface area contributed by atoms with E-state index in [-0.39, 0.29) is 6.10 Å². The number of rotatable bonds is 3. The lowest BCUT2D eigenvalue weighted by atomic mass is 9.75. The van der Waals surface area contributed by atoms with E-state index in [4.69, 9.17) is 12.9 Å². The van der Waals surface area contributed by atoms with Gasteiger partial charge in [-0.2, -0.15) is 0 Å². The Hall–Kier alpha value is -1.70. The summed E-state index contributed by atoms with van der Waals surface area (Å²) in [6.07, 6.45) is 3.76. The maximum atomic E-state index is 6.63. The van der Waals surface area contributed by atoms with Crippen LogP contribution in [0.5, 0.6) is 0 Å². The fraction of sp³-hybridized carbons (Fsp3) is 0.538. The van der Waals surface area contributed by atoms with Crippen molar-refractivity contribution in [2.75, 3.05) is 0 Å². The molecule has 3 aromatic rings. The molecule has 1 saturated carbocycles. The third-order valence-corrected chi connectivity index (χ3v) is 8.31. The molecule has 1 heterocycles. The smallest absolute Gasteiger partial charge is 0.387 e. The lowest BCUT2D eigenvalue weighted by Gasteiger charge is -2.35. The molecule has 0 spiro atoms. The topological polar surface area (TPSA) is 35.5 Å². The lowest BCUT2D eigenvalue weighted by molar-refractivity contribution is 0.0746. The molecule has 0 saturated heterocycles. The number of benzene rings is 2. The van der Waals surface area contributed by atoms with Crippen molar-refractivity contribution >= 4 is 30.2 Å². The van der Waals surface area contributed by atoms with Gasteiger partial charge in [0, 0.05) is 10.8 Å². The van der Waals surface area contributed by atoms with Crippen LogP contribution in [-0.4, -0.2) is 6.10 Å². The fourth-order valence-electron chi connectivity index (χ4n) is 4.92. The molecule has 2 aromatic carbocycles. The number of hydrogen-bond donors (Lipinski definition) is 0. The summed E-state index contributed by atoms with van der Waals surface area (Å²) in [5, 5.41) is 2.30. The Bertz CT molecular complexity index is 1040. The van der Waals surface area contributed by atoms with E-state index in [1.54, 1.807) is 0 Å². The van der Waals surface area contributed by atoms with Crippen LogP contribution in [0.25, 0.3) is 21.9 Å². The zero-order chi connectivity index (χ0) is 21.6. The molecule has 0 unspecified atom stereocenters. The molecular weight excluding hydrogens is 391 g/mol. The maximum Gasteiger partial charge on any atom is 0.387 e. The summed E-state index contributed by atoms with van der Waals surface area (Å²) >= 11 is 0. The van der Waals surface area contributed by atoms with Gasteiger partial charge in [-0.25, -0.2) is 0 Å². The van der Waals surface area contributed by atoms with Crippen LogP contribution >= 0.6 is 8.24 Å². The van der Waals surface area contributed by atoms with E-state index in [1.165, 1.54) is 35.1 Å². The third kappa shape index (κ3) is 3.95. The van der Waals surface area contributed by atoms with E-state index in [0.717, 1.165) is 28.4 Å². The second kappa shape index (κ2) is 8.44. The summed E-state index contributed by atoms with van der Waals surface area (Å²) in [6.45, 7) is 15.6. The van der Waals surface area contributed by atoms with Gasteiger partial charge in [0.15, 0.2) is 0 Å². The van der Waals surface area contributed by atoms with Gasteiger partial charge in [0.2, 0.25) is 0 Å². The van der Waals surface area contributed by atoms with Crippen LogP contribution < -0.4 is 4.52 Å². The first-order valence-corrected chi connectivity index (χ1v) is 12.4. The zero-order valence-corrected chi connectivity index (χ0v) is 20.3. The Morgan fingerprint density at radius 2 is 1.40 bits per heavy atom. The number of fused-ring (bicyclic) bond motifs is 3. The van der Waals surface area contributed by atoms with Crippen LogP contribution in [0, 0.1) is 45.4 Å². The van der Waals surface area contributed by atoms with Crippen LogP contribution in [-0.2, 0) is 0 Å². The minimum Gasteiger partial charge on any atom is -0.399 e. The molecule has 0 aliphatic heterocycles. The fourth-order valence-corrected chi connectivity index (χ4v) is 6.14. The highest BCUT2D eigenvalue weighted by molar-refractivity contribution is 7.31. The van der Waals surface area contributed by atoms with Crippen molar-refractivity contribution in [2.24, 2.45) is 17.8 Å². The second-order valence-electron chi connectivity index (χ2n) is 9.64. The Balaban J connectivity index is 1.93. The molecule has 3 nitrogen and oxygen atoms in total. The molecular formula is C26H35O3P. The Morgan fingerprint density at radius 1 is 0.867 bits per heavy atom. The molecule has 0 radical (unpaired) electrons. The van der Waals surface area contributed by atoms with Gasteiger partial charge in [-0.15, -0.1) is 0 Å².